The molecule has 0 aliphatic carbocycles. The van der Waals surface area contributed by atoms with Gasteiger partial charge in [0, 0.05) is 43.3 Å². The van der Waals surface area contributed by atoms with E-state index in [1.54, 1.807) is 11.3 Å². The second-order valence-corrected chi connectivity index (χ2v) is 6.57. The maximum Gasteiger partial charge on any atom is 0.314 e. The smallest absolute Gasteiger partial charge is 0.314 e. The summed E-state index contributed by atoms with van der Waals surface area (Å²) in [6.07, 6.45) is 2.88. The number of urea groups is 1. The molecule has 0 aromatic carbocycles. The molecule has 1 aliphatic rings. The summed E-state index contributed by atoms with van der Waals surface area (Å²) < 4.78 is 2.17. The van der Waals surface area contributed by atoms with Gasteiger partial charge in [0.2, 0.25) is 0 Å². The lowest BCUT2D eigenvalue weighted by Gasteiger charge is -2.12. The van der Waals surface area contributed by atoms with E-state index in [1.807, 2.05) is 6.07 Å². The highest BCUT2D eigenvalue weighted by Crippen LogP contribution is 2.19. The number of nitrogens with one attached hydrogen (secondary N) is 2. The maximum atomic E-state index is 11.8. The summed E-state index contributed by atoms with van der Waals surface area (Å²) in [5, 5.41) is 16.2. The molecule has 3 rings (SSSR count). The number of aromatic nitrogens is 3. The van der Waals surface area contributed by atoms with E-state index < -0.39 is 0 Å². The van der Waals surface area contributed by atoms with Crippen molar-refractivity contribution >= 4 is 17.4 Å². The number of hydrogen-bond acceptors (Lipinski definition) is 4. The molecule has 1 aliphatic heterocycles. The summed E-state index contributed by atoms with van der Waals surface area (Å²) in [6.45, 7) is 4.35. The van der Waals surface area contributed by atoms with Gasteiger partial charge in [0.1, 0.15) is 11.6 Å². The quantitative estimate of drug-likeness (QED) is 0.854. The summed E-state index contributed by atoms with van der Waals surface area (Å²) in [7, 11) is 0. The van der Waals surface area contributed by atoms with Crippen molar-refractivity contribution in [3.63, 3.8) is 0 Å². The SMILES string of the molecule is CC(CNC(=O)NCCc1nnc2n1CCC2)c1cccs1. The number of carbonyl (C=O) groups excluding carboxylic acids is 1. The van der Waals surface area contributed by atoms with Gasteiger partial charge in [0.05, 0.1) is 0 Å². The molecule has 6 nitrogen and oxygen atoms in total. The molecule has 3 heterocycles. The maximum absolute atomic E-state index is 11.8. The fraction of sp³-hybridized carbons (Fsp3) is 0.533. The molecule has 0 saturated heterocycles. The number of thiophene rings is 1. The van der Waals surface area contributed by atoms with E-state index in [2.05, 4.69) is 43.8 Å². The van der Waals surface area contributed by atoms with Crippen LogP contribution in [0.5, 0.6) is 0 Å². The fourth-order valence-electron chi connectivity index (χ4n) is 2.66. The summed E-state index contributed by atoms with van der Waals surface area (Å²) in [6, 6.07) is 4.01. The molecule has 2 aromatic heterocycles. The van der Waals surface area contributed by atoms with Gasteiger partial charge in [-0.05, 0) is 17.9 Å². The zero-order valence-corrected chi connectivity index (χ0v) is 13.5. The average Bonchev–Trinajstić information content (AvgIpc) is 3.23. The minimum Gasteiger partial charge on any atom is -0.338 e. The normalized spacial score (nSPS) is 14.6. The third kappa shape index (κ3) is 3.47. The van der Waals surface area contributed by atoms with Crippen LogP contribution in [0.15, 0.2) is 17.5 Å². The van der Waals surface area contributed by atoms with E-state index in [9.17, 15) is 4.79 Å². The zero-order valence-electron chi connectivity index (χ0n) is 12.7. The Balaban J connectivity index is 1.37. The lowest BCUT2D eigenvalue weighted by Crippen LogP contribution is -2.38. The van der Waals surface area contributed by atoms with Gasteiger partial charge in [-0.15, -0.1) is 21.5 Å². The molecule has 118 valence electrons. The van der Waals surface area contributed by atoms with Gasteiger partial charge >= 0.3 is 6.03 Å². The molecule has 0 spiro atoms. The predicted octanol–water partition coefficient (Wildman–Crippen LogP) is 1.93. The molecule has 1 unspecified atom stereocenters. The van der Waals surface area contributed by atoms with Crippen LogP contribution >= 0.6 is 11.3 Å². The Morgan fingerprint density at radius 2 is 2.36 bits per heavy atom. The molecule has 0 bridgehead atoms. The number of rotatable bonds is 6. The number of aryl methyl sites for hydroxylation is 1. The molecular formula is C15H21N5OS. The molecular weight excluding hydrogens is 298 g/mol. The van der Waals surface area contributed by atoms with Crippen LogP contribution in [0.4, 0.5) is 4.79 Å². The minimum absolute atomic E-state index is 0.121. The highest BCUT2D eigenvalue weighted by molar-refractivity contribution is 7.10. The first-order chi connectivity index (χ1) is 10.7. The lowest BCUT2D eigenvalue weighted by molar-refractivity contribution is 0.240. The van der Waals surface area contributed by atoms with E-state index >= 15 is 0 Å². The van der Waals surface area contributed by atoms with Crippen LogP contribution in [0, 0.1) is 0 Å². The number of hydrogen-bond donors (Lipinski definition) is 2. The van der Waals surface area contributed by atoms with Gasteiger partial charge in [-0.2, -0.15) is 0 Å². The van der Waals surface area contributed by atoms with Crippen molar-refractivity contribution in [2.75, 3.05) is 13.1 Å². The third-order valence-electron chi connectivity index (χ3n) is 3.92. The molecule has 0 radical (unpaired) electrons. The first-order valence-electron chi connectivity index (χ1n) is 7.70. The number of carbonyl (C=O) groups is 1. The Kier molecular flexibility index (Phi) is 4.72. The van der Waals surface area contributed by atoms with Crippen LogP contribution in [-0.4, -0.2) is 33.9 Å². The van der Waals surface area contributed by atoms with E-state index in [1.165, 1.54) is 4.88 Å². The van der Waals surface area contributed by atoms with E-state index in [-0.39, 0.29) is 6.03 Å². The van der Waals surface area contributed by atoms with Crippen molar-refractivity contribution in [3.8, 4) is 0 Å². The van der Waals surface area contributed by atoms with Crippen molar-refractivity contribution < 1.29 is 4.79 Å². The molecule has 2 N–H and O–H groups in total. The Morgan fingerprint density at radius 3 is 3.18 bits per heavy atom. The number of fused-ring (bicyclic) bond motifs is 1. The topological polar surface area (TPSA) is 71.8 Å². The van der Waals surface area contributed by atoms with E-state index in [0.29, 0.717) is 19.0 Å². The van der Waals surface area contributed by atoms with Gasteiger partial charge in [-0.3, -0.25) is 0 Å². The summed E-state index contributed by atoms with van der Waals surface area (Å²) in [5.74, 6) is 2.38. The third-order valence-corrected chi connectivity index (χ3v) is 5.02. The zero-order chi connectivity index (χ0) is 15.4. The molecule has 2 amide bonds. The van der Waals surface area contributed by atoms with Crippen molar-refractivity contribution in [2.45, 2.75) is 38.6 Å². The van der Waals surface area contributed by atoms with Gasteiger partial charge in [-0.25, -0.2) is 4.79 Å². The standard InChI is InChI=1S/C15H21N5OS/c1-11(12-4-3-9-22-12)10-17-15(21)16-7-6-14-19-18-13-5-2-8-20(13)14/h3-4,9,11H,2,5-8,10H2,1H3,(H2,16,17,21). The van der Waals surface area contributed by atoms with Crippen molar-refractivity contribution in [3.05, 3.63) is 34.0 Å². The van der Waals surface area contributed by atoms with E-state index in [4.69, 9.17) is 0 Å². The highest BCUT2D eigenvalue weighted by Gasteiger charge is 2.16. The largest absolute Gasteiger partial charge is 0.338 e. The van der Waals surface area contributed by atoms with Crippen LogP contribution in [0.2, 0.25) is 0 Å². The van der Waals surface area contributed by atoms with Gasteiger partial charge < -0.3 is 15.2 Å². The number of nitrogens with zero attached hydrogens (tertiary/aromatic N) is 3. The van der Waals surface area contributed by atoms with Crippen LogP contribution in [0.1, 0.15) is 35.8 Å². The molecule has 22 heavy (non-hydrogen) atoms. The Morgan fingerprint density at radius 1 is 1.45 bits per heavy atom. The van der Waals surface area contributed by atoms with Crippen LogP contribution in [-0.2, 0) is 19.4 Å². The molecule has 0 saturated carbocycles. The minimum atomic E-state index is -0.121. The molecule has 1 atom stereocenters. The predicted molar refractivity (Wildman–Crippen MR) is 86.2 cm³/mol. The lowest BCUT2D eigenvalue weighted by atomic mass is 10.1. The Bertz CT molecular complexity index is 622. The second-order valence-electron chi connectivity index (χ2n) is 5.59. The number of amides is 2. The highest BCUT2D eigenvalue weighted by atomic mass is 32.1. The summed E-state index contributed by atoms with van der Waals surface area (Å²) in [5.41, 5.74) is 0. The van der Waals surface area contributed by atoms with Gasteiger partial charge in [0.15, 0.2) is 0 Å². The van der Waals surface area contributed by atoms with Gasteiger partial charge in [0.25, 0.3) is 0 Å². The monoisotopic (exact) mass is 319 g/mol. The van der Waals surface area contributed by atoms with Crippen molar-refractivity contribution in [1.29, 1.82) is 0 Å². The van der Waals surface area contributed by atoms with Crippen LogP contribution in [0.25, 0.3) is 0 Å². The second kappa shape index (κ2) is 6.91. The Hall–Kier alpha value is -1.89. The first-order valence-corrected chi connectivity index (χ1v) is 8.58. The van der Waals surface area contributed by atoms with Crippen LogP contribution in [0.3, 0.4) is 0 Å². The van der Waals surface area contributed by atoms with Crippen LogP contribution < -0.4 is 10.6 Å². The molecule has 0 fully saturated rings. The van der Waals surface area contributed by atoms with Crippen molar-refractivity contribution in [1.82, 2.24) is 25.4 Å². The molecule has 2 aromatic rings. The first kappa shape index (κ1) is 15.0. The van der Waals surface area contributed by atoms with Gasteiger partial charge in [-0.1, -0.05) is 13.0 Å². The fourth-order valence-corrected chi connectivity index (χ4v) is 3.45. The average molecular weight is 319 g/mol. The Labute approximate surface area is 133 Å². The summed E-state index contributed by atoms with van der Waals surface area (Å²) in [4.78, 5) is 13.1. The summed E-state index contributed by atoms with van der Waals surface area (Å²) >= 11 is 1.72. The van der Waals surface area contributed by atoms with E-state index in [0.717, 1.165) is 37.5 Å². The molecule has 7 heteroatoms. The van der Waals surface area contributed by atoms with Crippen molar-refractivity contribution in [2.24, 2.45) is 0 Å².